The van der Waals surface area contributed by atoms with Gasteiger partial charge in [-0.3, -0.25) is 4.79 Å². The van der Waals surface area contributed by atoms with Crippen molar-refractivity contribution in [2.24, 2.45) is 0 Å². The van der Waals surface area contributed by atoms with Crippen LogP contribution in [0.1, 0.15) is 48.7 Å². The highest BCUT2D eigenvalue weighted by molar-refractivity contribution is 6.04. The first-order valence-corrected chi connectivity index (χ1v) is 10.2. The molecule has 32 heavy (non-hydrogen) atoms. The molecule has 0 aliphatic heterocycles. The SMILES string of the molecule is CC(C)(C)OC(=O)NC1CCc2cc(C(=O)Nc3cccc(OC(F)(F)F)c3)ccc2C1. The van der Waals surface area contributed by atoms with E-state index in [1.54, 1.807) is 32.9 Å². The van der Waals surface area contributed by atoms with E-state index in [1.165, 1.54) is 12.1 Å². The quantitative estimate of drug-likeness (QED) is 0.670. The molecule has 1 aliphatic carbocycles. The summed E-state index contributed by atoms with van der Waals surface area (Å²) in [6.07, 6.45) is -3.27. The predicted molar refractivity (Wildman–Crippen MR) is 113 cm³/mol. The van der Waals surface area contributed by atoms with Gasteiger partial charge in [-0.2, -0.15) is 0 Å². The Bertz CT molecular complexity index is 999. The molecule has 0 spiro atoms. The molecule has 172 valence electrons. The van der Waals surface area contributed by atoms with Gasteiger partial charge in [0.2, 0.25) is 0 Å². The fourth-order valence-corrected chi connectivity index (χ4v) is 3.47. The molecule has 0 bridgehead atoms. The normalized spacial score (nSPS) is 16.0. The van der Waals surface area contributed by atoms with Gasteiger partial charge in [0.25, 0.3) is 5.91 Å². The lowest BCUT2D eigenvalue weighted by molar-refractivity contribution is -0.274. The number of alkyl halides is 3. The number of amides is 2. The molecule has 0 radical (unpaired) electrons. The number of ether oxygens (including phenoxy) is 2. The van der Waals surface area contributed by atoms with Crippen LogP contribution in [0.25, 0.3) is 0 Å². The van der Waals surface area contributed by atoms with Gasteiger partial charge in [0, 0.05) is 23.4 Å². The van der Waals surface area contributed by atoms with Crippen molar-refractivity contribution in [1.82, 2.24) is 5.32 Å². The summed E-state index contributed by atoms with van der Waals surface area (Å²) in [6.45, 7) is 5.40. The lowest BCUT2D eigenvalue weighted by Gasteiger charge is -2.27. The molecule has 1 aliphatic rings. The molecular formula is C23H25F3N2O4. The summed E-state index contributed by atoms with van der Waals surface area (Å²) in [7, 11) is 0. The first kappa shape index (κ1) is 23.4. The molecule has 0 heterocycles. The molecule has 2 amide bonds. The maximum Gasteiger partial charge on any atom is 0.573 e. The number of aryl methyl sites for hydroxylation is 1. The highest BCUT2D eigenvalue weighted by atomic mass is 19.4. The van der Waals surface area contributed by atoms with E-state index in [0.717, 1.165) is 23.3 Å². The number of halogens is 3. The minimum absolute atomic E-state index is 0.0617. The highest BCUT2D eigenvalue weighted by Crippen LogP contribution is 2.26. The number of fused-ring (bicyclic) bond motifs is 1. The van der Waals surface area contributed by atoms with Gasteiger partial charge in [0.15, 0.2) is 0 Å². The summed E-state index contributed by atoms with van der Waals surface area (Å²) < 4.78 is 46.3. The van der Waals surface area contributed by atoms with Crippen molar-refractivity contribution < 1.29 is 32.2 Å². The molecular weight excluding hydrogens is 425 g/mol. The van der Waals surface area contributed by atoms with Crippen molar-refractivity contribution in [2.45, 2.75) is 58.0 Å². The minimum Gasteiger partial charge on any atom is -0.444 e. The van der Waals surface area contributed by atoms with Crippen molar-refractivity contribution in [1.29, 1.82) is 0 Å². The Morgan fingerprint density at radius 3 is 2.47 bits per heavy atom. The van der Waals surface area contributed by atoms with Crippen molar-refractivity contribution in [3.63, 3.8) is 0 Å². The van der Waals surface area contributed by atoms with Crippen molar-refractivity contribution in [2.75, 3.05) is 5.32 Å². The molecule has 0 aromatic heterocycles. The molecule has 0 saturated heterocycles. The van der Waals surface area contributed by atoms with Crippen LogP contribution in [0.15, 0.2) is 42.5 Å². The smallest absolute Gasteiger partial charge is 0.444 e. The Kier molecular flexibility index (Phi) is 6.66. The van der Waals surface area contributed by atoms with Gasteiger partial charge < -0.3 is 20.1 Å². The molecule has 9 heteroatoms. The topological polar surface area (TPSA) is 76.7 Å². The number of carbonyl (C=O) groups is 2. The number of benzene rings is 2. The third kappa shape index (κ3) is 6.90. The molecule has 3 rings (SSSR count). The number of alkyl carbamates (subject to hydrolysis) is 1. The average molecular weight is 450 g/mol. The second-order valence-corrected chi connectivity index (χ2v) is 8.60. The summed E-state index contributed by atoms with van der Waals surface area (Å²) in [4.78, 5) is 24.6. The van der Waals surface area contributed by atoms with E-state index < -0.39 is 29.7 Å². The Morgan fingerprint density at radius 1 is 1.03 bits per heavy atom. The zero-order valence-corrected chi connectivity index (χ0v) is 18.0. The second-order valence-electron chi connectivity index (χ2n) is 8.60. The minimum atomic E-state index is -4.81. The molecule has 1 unspecified atom stereocenters. The summed E-state index contributed by atoms with van der Waals surface area (Å²) >= 11 is 0. The van der Waals surface area contributed by atoms with Gasteiger partial charge in [0.1, 0.15) is 11.4 Å². The molecule has 2 N–H and O–H groups in total. The van der Waals surface area contributed by atoms with Crippen LogP contribution in [0, 0.1) is 0 Å². The third-order valence-corrected chi connectivity index (χ3v) is 4.74. The number of anilines is 1. The molecule has 0 fully saturated rings. The predicted octanol–water partition coefficient (Wildman–Crippen LogP) is 5.22. The van der Waals surface area contributed by atoms with Crippen LogP contribution in [0.5, 0.6) is 5.75 Å². The Balaban J connectivity index is 1.63. The fraction of sp³-hybridized carbons (Fsp3) is 0.391. The van der Waals surface area contributed by atoms with Gasteiger partial charge in [-0.15, -0.1) is 13.2 Å². The Hall–Kier alpha value is -3.23. The molecule has 1 atom stereocenters. The summed E-state index contributed by atoms with van der Waals surface area (Å²) in [6, 6.07) is 10.3. The van der Waals surface area contributed by atoms with E-state index >= 15 is 0 Å². The van der Waals surface area contributed by atoms with Gasteiger partial charge in [0.05, 0.1) is 0 Å². The summed E-state index contributed by atoms with van der Waals surface area (Å²) in [5, 5.41) is 5.46. The lowest BCUT2D eigenvalue weighted by Crippen LogP contribution is -2.41. The van der Waals surface area contributed by atoms with Crippen LogP contribution < -0.4 is 15.4 Å². The number of carbonyl (C=O) groups excluding carboxylic acids is 2. The van der Waals surface area contributed by atoms with Crippen LogP contribution in [0.2, 0.25) is 0 Å². The van der Waals surface area contributed by atoms with Gasteiger partial charge in [-0.1, -0.05) is 12.1 Å². The van der Waals surface area contributed by atoms with E-state index in [-0.39, 0.29) is 11.7 Å². The lowest BCUT2D eigenvalue weighted by atomic mass is 9.87. The van der Waals surface area contributed by atoms with Crippen LogP contribution >= 0.6 is 0 Å². The Morgan fingerprint density at radius 2 is 1.78 bits per heavy atom. The van der Waals surface area contributed by atoms with Crippen molar-refractivity contribution >= 4 is 17.7 Å². The van der Waals surface area contributed by atoms with Crippen LogP contribution in [-0.2, 0) is 17.6 Å². The summed E-state index contributed by atoms with van der Waals surface area (Å²) in [5.74, 6) is -0.852. The van der Waals surface area contributed by atoms with Crippen LogP contribution in [-0.4, -0.2) is 30.0 Å². The first-order chi connectivity index (χ1) is 14.9. The van der Waals surface area contributed by atoms with E-state index in [1.807, 2.05) is 6.07 Å². The van der Waals surface area contributed by atoms with Gasteiger partial charge >= 0.3 is 12.5 Å². The summed E-state index contributed by atoms with van der Waals surface area (Å²) in [5.41, 5.74) is 2.03. The van der Waals surface area contributed by atoms with Crippen molar-refractivity contribution in [3.8, 4) is 5.75 Å². The zero-order valence-electron chi connectivity index (χ0n) is 18.0. The monoisotopic (exact) mass is 450 g/mol. The van der Waals surface area contributed by atoms with E-state index in [4.69, 9.17) is 4.74 Å². The van der Waals surface area contributed by atoms with Crippen molar-refractivity contribution in [3.05, 3.63) is 59.2 Å². The first-order valence-electron chi connectivity index (χ1n) is 10.2. The fourth-order valence-electron chi connectivity index (χ4n) is 3.47. The van der Waals surface area contributed by atoms with Crippen LogP contribution in [0.4, 0.5) is 23.7 Å². The zero-order chi connectivity index (χ0) is 23.5. The third-order valence-electron chi connectivity index (χ3n) is 4.74. The van der Waals surface area contributed by atoms with Crippen LogP contribution in [0.3, 0.4) is 0 Å². The maximum atomic E-state index is 12.6. The standard InChI is InChI=1S/C23H25F3N2O4/c1-22(2,3)32-21(30)28-18-10-9-14-11-16(8-7-15(14)12-18)20(29)27-17-5-4-6-19(13-17)31-23(24,25)26/h4-8,11,13,18H,9-10,12H2,1-3H3,(H,27,29)(H,28,30). The maximum absolute atomic E-state index is 12.6. The molecule has 6 nitrogen and oxygen atoms in total. The number of rotatable bonds is 4. The highest BCUT2D eigenvalue weighted by Gasteiger charge is 2.31. The average Bonchev–Trinajstić information content (AvgIpc) is 2.65. The van der Waals surface area contributed by atoms with E-state index in [0.29, 0.717) is 24.8 Å². The molecule has 2 aromatic rings. The largest absolute Gasteiger partial charge is 0.573 e. The number of hydrogen-bond donors (Lipinski definition) is 2. The molecule has 0 saturated carbocycles. The number of hydrogen-bond acceptors (Lipinski definition) is 4. The van der Waals surface area contributed by atoms with E-state index in [2.05, 4.69) is 15.4 Å². The second kappa shape index (κ2) is 9.10. The van der Waals surface area contributed by atoms with Gasteiger partial charge in [-0.25, -0.2) is 4.79 Å². The molecule has 2 aromatic carbocycles. The number of nitrogens with one attached hydrogen (secondary N) is 2. The Labute approximate surface area is 184 Å². The van der Waals surface area contributed by atoms with E-state index in [9.17, 15) is 22.8 Å². The van der Waals surface area contributed by atoms with Gasteiger partial charge in [-0.05, 0) is 75.4 Å².